The smallest absolute Gasteiger partial charge is 0.0586 e. The van der Waals surface area contributed by atoms with E-state index in [0.717, 1.165) is 5.56 Å². The second-order valence-corrected chi connectivity index (χ2v) is 3.16. The highest BCUT2D eigenvalue weighted by atomic mass is 14.7. The zero-order valence-electron chi connectivity index (χ0n) is 8.12. The van der Waals surface area contributed by atoms with Crippen LogP contribution in [0.3, 0.4) is 0 Å². The monoisotopic (exact) mass is 176 g/mol. The van der Waals surface area contributed by atoms with Crippen molar-refractivity contribution in [3.05, 3.63) is 35.9 Å². The largest absolute Gasteiger partial charge is 0.397 e. The summed E-state index contributed by atoms with van der Waals surface area (Å²) in [5.41, 5.74) is 14.0. The highest BCUT2D eigenvalue weighted by Gasteiger charge is 2.06. The molecule has 0 amide bonds. The number of nitrogens with two attached hydrogens (primary N) is 2. The molecule has 1 aromatic carbocycles. The first-order chi connectivity index (χ1) is 6.16. The molecule has 0 fully saturated rings. The summed E-state index contributed by atoms with van der Waals surface area (Å²) in [6.07, 6.45) is 4.12. The Balaban J connectivity index is 3.07. The number of para-hydroxylation sites is 1. The molecule has 0 aromatic heterocycles. The topological polar surface area (TPSA) is 52.0 Å². The van der Waals surface area contributed by atoms with E-state index in [1.54, 1.807) is 0 Å². The molecule has 1 aromatic rings. The molecule has 0 aliphatic rings. The molecular formula is C11H16N2. The van der Waals surface area contributed by atoms with E-state index in [0.29, 0.717) is 17.3 Å². The molecule has 0 heterocycles. The molecule has 2 nitrogen and oxygen atoms in total. The van der Waals surface area contributed by atoms with Gasteiger partial charge < -0.3 is 11.5 Å². The van der Waals surface area contributed by atoms with E-state index in [4.69, 9.17) is 11.5 Å². The summed E-state index contributed by atoms with van der Waals surface area (Å²) in [5.74, 6) is 0.327. The number of hydrogen-bond donors (Lipinski definition) is 2. The van der Waals surface area contributed by atoms with Crippen LogP contribution >= 0.6 is 0 Å². The van der Waals surface area contributed by atoms with Crippen LogP contribution in [0.25, 0.3) is 0 Å². The van der Waals surface area contributed by atoms with Crippen molar-refractivity contribution >= 4 is 11.4 Å². The van der Waals surface area contributed by atoms with E-state index < -0.39 is 0 Å². The van der Waals surface area contributed by atoms with Gasteiger partial charge in [0.1, 0.15) is 0 Å². The summed E-state index contributed by atoms with van der Waals surface area (Å²) in [5, 5.41) is 0. The zero-order chi connectivity index (χ0) is 9.84. The van der Waals surface area contributed by atoms with Gasteiger partial charge in [-0.25, -0.2) is 0 Å². The van der Waals surface area contributed by atoms with Crippen molar-refractivity contribution in [2.75, 3.05) is 11.5 Å². The maximum atomic E-state index is 5.85. The van der Waals surface area contributed by atoms with E-state index in [1.165, 1.54) is 0 Å². The Morgan fingerprint density at radius 2 is 2.00 bits per heavy atom. The van der Waals surface area contributed by atoms with E-state index in [9.17, 15) is 0 Å². The molecule has 0 aliphatic heterocycles. The standard InChI is InChI=1S/C11H16N2/c1-3-5-8(2)9-6-4-7-10(12)11(9)13/h3-8H,12-13H2,1-2H3/b5-3+. The lowest BCUT2D eigenvalue weighted by atomic mass is 9.98. The third kappa shape index (κ3) is 2.02. The van der Waals surface area contributed by atoms with Gasteiger partial charge >= 0.3 is 0 Å². The van der Waals surface area contributed by atoms with Crippen LogP contribution in [0.4, 0.5) is 11.4 Å². The lowest BCUT2D eigenvalue weighted by molar-refractivity contribution is 0.969. The molecule has 13 heavy (non-hydrogen) atoms. The molecule has 70 valence electrons. The first-order valence-electron chi connectivity index (χ1n) is 4.43. The van der Waals surface area contributed by atoms with Gasteiger partial charge in [0, 0.05) is 5.92 Å². The molecule has 1 rings (SSSR count). The summed E-state index contributed by atoms with van der Waals surface area (Å²) < 4.78 is 0. The fourth-order valence-corrected chi connectivity index (χ4v) is 1.39. The van der Waals surface area contributed by atoms with Crippen LogP contribution in [0.2, 0.25) is 0 Å². The molecule has 0 aliphatic carbocycles. The first kappa shape index (κ1) is 9.65. The third-order valence-corrected chi connectivity index (χ3v) is 2.15. The average molecular weight is 176 g/mol. The summed E-state index contributed by atoms with van der Waals surface area (Å²) in [6, 6.07) is 5.76. The average Bonchev–Trinajstić information content (AvgIpc) is 2.10. The second-order valence-electron chi connectivity index (χ2n) is 3.16. The van der Waals surface area contributed by atoms with Gasteiger partial charge in [0.2, 0.25) is 0 Å². The van der Waals surface area contributed by atoms with Gasteiger partial charge in [-0.15, -0.1) is 0 Å². The number of benzene rings is 1. The van der Waals surface area contributed by atoms with Crippen LogP contribution < -0.4 is 11.5 Å². The van der Waals surface area contributed by atoms with Gasteiger partial charge in [-0.1, -0.05) is 31.2 Å². The van der Waals surface area contributed by atoms with Crippen LogP contribution in [0.5, 0.6) is 0 Å². The highest BCUT2D eigenvalue weighted by Crippen LogP contribution is 2.27. The molecule has 2 heteroatoms. The van der Waals surface area contributed by atoms with Crippen LogP contribution in [0, 0.1) is 0 Å². The normalized spacial score (nSPS) is 13.4. The van der Waals surface area contributed by atoms with Gasteiger partial charge in [0.05, 0.1) is 11.4 Å². The number of nitrogen functional groups attached to an aromatic ring is 2. The van der Waals surface area contributed by atoms with E-state index in [2.05, 4.69) is 13.0 Å². The molecular weight excluding hydrogens is 160 g/mol. The Bertz CT molecular complexity index is 316. The lowest BCUT2D eigenvalue weighted by Gasteiger charge is -2.11. The molecule has 1 unspecified atom stereocenters. The number of rotatable bonds is 2. The Morgan fingerprint density at radius 3 is 2.62 bits per heavy atom. The minimum atomic E-state index is 0.327. The second kappa shape index (κ2) is 3.99. The van der Waals surface area contributed by atoms with Crippen LogP contribution in [-0.2, 0) is 0 Å². The highest BCUT2D eigenvalue weighted by molar-refractivity contribution is 5.68. The van der Waals surface area contributed by atoms with E-state index >= 15 is 0 Å². The van der Waals surface area contributed by atoms with Crippen molar-refractivity contribution < 1.29 is 0 Å². The SMILES string of the molecule is C/C=C/C(C)c1cccc(N)c1N. The van der Waals surface area contributed by atoms with Gasteiger partial charge in [-0.2, -0.15) is 0 Å². The fraction of sp³-hybridized carbons (Fsp3) is 0.273. The van der Waals surface area contributed by atoms with Crippen molar-refractivity contribution in [2.24, 2.45) is 0 Å². The maximum Gasteiger partial charge on any atom is 0.0586 e. The Labute approximate surface area is 79.2 Å². The third-order valence-electron chi connectivity index (χ3n) is 2.15. The van der Waals surface area contributed by atoms with Crippen LogP contribution in [0.15, 0.2) is 30.4 Å². The van der Waals surface area contributed by atoms with Gasteiger partial charge in [0.25, 0.3) is 0 Å². The van der Waals surface area contributed by atoms with Crippen molar-refractivity contribution in [2.45, 2.75) is 19.8 Å². The molecule has 0 bridgehead atoms. The molecule has 1 atom stereocenters. The minimum Gasteiger partial charge on any atom is -0.397 e. The predicted molar refractivity (Wildman–Crippen MR) is 58.5 cm³/mol. The quantitative estimate of drug-likeness (QED) is 0.537. The molecule has 4 N–H and O–H groups in total. The first-order valence-corrected chi connectivity index (χ1v) is 4.43. The predicted octanol–water partition coefficient (Wildman–Crippen LogP) is 2.53. The van der Waals surface area contributed by atoms with Crippen LogP contribution in [0.1, 0.15) is 25.3 Å². The van der Waals surface area contributed by atoms with E-state index in [1.807, 2.05) is 31.2 Å². The molecule has 0 spiro atoms. The van der Waals surface area contributed by atoms with Gasteiger partial charge in [-0.3, -0.25) is 0 Å². The van der Waals surface area contributed by atoms with Crippen molar-refractivity contribution in [3.63, 3.8) is 0 Å². The number of hydrogen-bond acceptors (Lipinski definition) is 2. The zero-order valence-corrected chi connectivity index (χ0v) is 8.12. The van der Waals surface area contributed by atoms with Crippen molar-refractivity contribution in [1.29, 1.82) is 0 Å². The minimum absolute atomic E-state index is 0.327. The van der Waals surface area contributed by atoms with E-state index in [-0.39, 0.29) is 0 Å². The van der Waals surface area contributed by atoms with Crippen molar-refractivity contribution in [3.8, 4) is 0 Å². The summed E-state index contributed by atoms with van der Waals surface area (Å²) in [7, 11) is 0. The molecule has 0 saturated heterocycles. The summed E-state index contributed by atoms with van der Waals surface area (Å²) in [6.45, 7) is 4.10. The molecule has 0 radical (unpaired) electrons. The number of allylic oxidation sites excluding steroid dienone is 2. The summed E-state index contributed by atoms with van der Waals surface area (Å²) in [4.78, 5) is 0. The van der Waals surface area contributed by atoms with Crippen molar-refractivity contribution in [1.82, 2.24) is 0 Å². The Kier molecular flexibility index (Phi) is 2.96. The fourth-order valence-electron chi connectivity index (χ4n) is 1.39. The maximum absolute atomic E-state index is 5.85. The Morgan fingerprint density at radius 1 is 1.31 bits per heavy atom. The summed E-state index contributed by atoms with van der Waals surface area (Å²) >= 11 is 0. The number of anilines is 2. The van der Waals surface area contributed by atoms with Gasteiger partial charge in [-0.05, 0) is 18.6 Å². The van der Waals surface area contributed by atoms with Gasteiger partial charge in [0.15, 0.2) is 0 Å². The lowest BCUT2D eigenvalue weighted by Crippen LogP contribution is -2.01. The van der Waals surface area contributed by atoms with Crippen LogP contribution in [-0.4, -0.2) is 0 Å². The molecule has 0 saturated carbocycles. The Hall–Kier alpha value is -1.44.